The number of pyridine rings is 1. The van der Waals surface area contributed by atoms with Gasteiger partial charge in [-0.25, -0.2) is 9.67 Å². The minimum Gasteiger partial charge on any atom is -0.354 e. The van der Waals surface area contributed by atoms with Gasteiger partial charge in [-0.05, 0) is 43.8 Å². The number of nitrogens with zero attached hydrogens (tertiary/aromatic N) is 5. The van der Waals surface area contributed by atoms with Crippen LogP contribution in [0.5, 0.6) is 0 Å². The lowest BCUT2D eigenvalue weighted by molar-refractivity contribution is 0.0940. The highest BCUT2D eigenvalue weighted by atomic mass is 16.1. The third kappa shape index (κ3) is 4.30. The Labute approximate surface area is 171 Å². The zero-order valence-corrected chi connectivity index (χ0v) is 16.8. The van der Waals surface area contributed by atoms with E-state index in [0.717, 1.165) is 43.2 Å². The van der Waals surface area contributed by atoms with E-state index in [2.05, 4.69) is 32.2 Å². The van der Waals surface area contributed by atoms with Gasteiger partial charge in [0.25, 0.3) is 5.91 Å². The molecule has 1 saturated heterocycles. The summed E-state index contributed by atoms with van der Waals surface area (Å²) in [6, 6.07) is 13.3. The van der Waals surface area contributed by atoms with Crippen molar-refractivity contribution in [1.29, 1.82) is 0 Å². The Morgan fingerprint density at radius 2 is 1.86 bits per heavy atom. The molecule has 1 fully saturated rings. The highest BCUT2D eigenvalue weighted by Crippen LogP contribution is 2.22. The van der Waals surface area contributed by atoms with Crippen LogP contribution in [0.25, 0.3) is 5.69 Å². The number of rotatable bonds is 5. The summed E-state index contributed by atoms with van der Waals surface area (Å²) in [4.78, 5) is 21.9. The third-order valence-electron chi connectivity index (χ3n) is 5.34. The molecule has 0 bridgehead atoms. The van der Waals surface area contributed by atoms with E-state index in [0.29, 0.717) is 5.56 Å². The fourth-order valence-electron chi connectivity index (χ4n) is 3.60. The average Bonchev–Trinajstić information content (AvgIpc) is 3.29. The van der Waals surface area contributed by atoms with Crippen LogP contribution in [0.4, 0.5) is 5.82 Å². The van der Waals surface area contributed by atoms with Crippen molar-refractivity contribution in [3.05, 3.63) is 72.2 Å². The first kappa shape index (κ1) is 19.1. The molecule has 2 aromatic heterocycles. The van der Waals surface area contributed by atoms with Gasteiger partial charge >= 0.3 is 0 Å². The van der Waals surface area contributed by atoms with Crippen LogP contribution in [0.1, 0.15) is 28.9 Å². The molecule has 3 aromatic rings. The fourth-order valence-corrected chi connectivity index (χ4v) is 3.60. The standard InChI is InChI=1S/C22H26N6O/c1-17(19-6-3-4-7-20(19)28-11-5-9-24-28)25-22(29)18-8-10-23-21(16-18)27-14-12-26(2)13-15-27/h3-11,16-17H,12-15H2,1-2H3,(H,25,29). The van der Waals surface area contributed by atoms with Gasteiger partial charge < -0.3 is 15.1 Å². The highest BCUT2D eigenvalue weighted by molar-refractivity contribution is 5.95. The van der Waals surface area contributed by atoms with E-state index in [9.17, 15) is 4.79 Å². The SMILES string of the molecule is CC(NC(=O)c1ccnc(N2CCN(C)CC2)c1)c1ccccc1-n1cccn1. The van der Waals surface area contributed by atoms with Gasteiger partial charge in [0.15, 0.2) is 0 Å². The molecule has 0 aliphatic carbocycles. The number of benzene rings is 1. The summed E-state index contributed by atoms with van der Waals surface area (Å²) in [6.45, 7) is 5.83. The second kappa shape index (κ2) is 8.45. The highest BCUT2D eigenvalue weighted by Gasteiger charge is 2.19. The van der Waals surface area contributed by atoms with Crippen molar-refractivity contribution < 1.29 is 4.79 Å². The summed E-state index contributed by atoms with van der Waals surface area (Å²) in [6.07, 6.45) is 5.36. The Morgan fingerprint density at radius 3 is 2.62 bits per heavy atom. The molecule has 1 unspecified atom stereocenters. The van der Waals surface area contributed by atoms with Crippen molar-refractivity contribution in [3.63, 3.8) is 0 Å². The van der Waals surface area contributed by atoms with Gasteiger partial charge in [0.2, 0.25) is 0 Å². The van der Waals surface area contributed by atoms with Crippen LogP contribution in [0.3, 0.4) is 0 Å². The molecule has 1 aromatic carbocycles. The van der Waals surface area contributed by atoms with Gasteiger partial charge in [0.1, 0.15) is 5.82 Å². The van der Waals surface area contributed by atoms with E-state index >= 15 is 0 Å². The molecule has 0 radical (unpaired) electrons. The first-order valence-corrected chi connectivity index (χ1v) is 9.91. The predicted octanol–water partition coefficient (Wildman–Crippen LogP) is 2.51. The minimum atomic E-state index is -0.164. The van der Waals surface area contributed by atoms with Crippen molar-refractivity contribution in [2.75, 3.05) is 38.1 Å². The van der Waals surface area contributed by atoms with Gasteiger partial charge in [-0.1, -0.05) is 18.2 Å². The lowest BCUT2D eigenvalue weighted by atomic mass is 10.1. The molecule has 0 spiro atoms. The molecule has 1 amide bonds. The van der Waals surface area contributed by atoms with Crippen molar-refractivity contribution in [2.45, 2.75) is 13.0 Å². The summed E-state index contributed by atoms with van der Waals surface area (Å²) < 4.78 is 1.82. The predicted molar refractivity (Wildman–Crippen MR) is 113 cm³/mol. The average molecular weight is 390 g/mol. The van der Waals surface area contributed by atoms with Gasteiger partial charge in [0.05, 0.1) is 11.7 Å². The van der Waals surface area contributed by atoms with Crippen LogP contribution in [0.15, 0.2) is 61.1 Å². The maximum absolute atomic E-state index is 12.9. The normalized spacial score (nSPS) is 15.9. The summed E-state index contributed by atoms with van der Waals surface area (Å²) in [7, 11) is 2.12. The number of piperazine rings is 1. The second-order valence-corrected chi connectivity index (χ2v) is 7.40. The zero-order valence-electron chi connectivity index (χ0n) is 16.8. The van der Waals surface area contributed by atoms with E-state index in [-0.39, 0.29) is 11.9 Å². The van der Waals surface area contributed by atoms with E-state index in [1.807, 2.05) is 54.2 Å². The zero-order chi connectivity index (χ0) is 20.2. The van der Waals surface area contributed by atoms with E-state index < -0.39 is 0 Å². The molecule has 0 saturated carbocycles. The number of anilines is 1. The number of likely N-dealkylation sites (N-methyl/N-ethyl adjacent to an activating group) is 1. The Bertz CT molecular complexity index is 963. The molecule has 7 nitrogen and oxygen atoms in total. The lowest BCUT2D eigenvalue weighted by Crippen LogP contribution is -2.44. The summed E-state index contributed by atoms with van der Waals surface area (Å²) >= 11 is 0. The number of carbonyl (C=O) groups is 1. The van der Waals surface area contributed by atoms with Crippen molar-refractivity contribution in [1.82, 2.24) is 25.0 Å². The molecular formula is C22H26N6O. The number of aromatic nitrogens is 3. The van der Waals surface area contributed by atoms with Crippen LogP contribution in [0.2, 0.25) is 0 Å². The maximum atomic E-state index is 12.9. The first-order valence-electron chi connectivity index (χ1n) is 9.91. The molecule has 1 atom stereocenters. The topological polar surface area (TPSA) is 66.3 Å². The van der Waals surface area contributed by atoms with Gasteiger partial charge in [-0.15, -0.1) is 0 Å². The van der Waals surface area contributed by atoms with Crippen LogP contribution in [0, 0.1) is 0 Å². The fraction of sp³-hybridized carbons (Fsp3) is 0.318. The number of nitrogens with one attached hydrogen (secondary N) is 1. The van der Waals surface area contributed by atoms with Crippen LogP contribution in [-0.2, 0) is 0 Å². The van der Waals surface area contributed by atoms with Gasteiger partial charge in [-0.3, -0.25) is 4.79 Å². The van der Waals surface area contributed by atoms with Gasteiger partial charge in [0, 0.05) is 50.3 Å². The molecule has 4 rings (SSSR count). The Morgan fingerprint density at radius 1 is 1.07 bits per heavy atom. The van der Waals surface area contributed by atoms with Crippen LogP contribution in [-0.4, -0.2) is 58.8 Å². The van der Waals surface area contributed by atoms with Crippen LogP contribution < -0.4 is 10.2 Å². The Kier molecular flexibility index (Phi) is 5.57. The first-order chi connectivity index (χ1) is 14.1. The molecule has 150 valence electrons. The molecule has 1 aliphatic heterocycles. The lowest BCUT2D eigenvalue weighted by Gasteiger charge is -2.33. The molecule has 1 aliphatic rings. The quantitative estimate of drug-likeness (QED) is 0.725. The van der Waals surface area contributed by atoms with Crippen molar-refractivity contribution in [3.8, 4) is 5.69 Å². The molecule has 1 N–H and O–H groups in total. The number of hydrogen-bond acceptors (Lipinski definition) is 5. The maximum Gasteiger partial charge on any atom is 0.251 e. The Hall–Kier alpha value is -3.19. The molecule has 29 heavy (non-hydrogen) atoms. The van der Waals surface area contributed by atoms with E-state index in [4.69, 9.17) is 0 Å². The van der Waals surface area contributed by atoms with Crippen molar-refractivity contribution >= 4 is 11.7 Å². The van der Waals surface area contributed by atoms with E-state index in [1.54, 1.807) is 18.5 Å². The monoisotopic (exact) mass is 390 g/mol. The largest absolute Gasteiger partial charge is 0.354 e. The summed E-state index contributed by atoms with van der Waals surface area (Å²) in [5.74, 6) is 0.751. The minimum absolute atomic E-state index is 0.106. The Balaban J connectivity index is 1.50. The molecule has 7 heteroatoms. The number of hydrogen-bond donors (Lipinski definition) is 1. The number of para-hydroxylation sites is 1. The van der Waals surface area contributed by atoms with E-state index in [1.165, 1.54) is 0 Å². The number of amides is 1. The molecule has 3 heterocycles. The second-order valence-electron chi connectivity index (χ2n) is 7.40. The molecular weight excluding hydrogens is 364 g/mol. The van der Waals surface area contributed by atoms with Crippen molar-refractivity contribution in [2.24, 2.45) is 0 Å². The number of carbonyl (C=O) groups excluding carboxylic acids is 1. The summed E-state index contributed by atoms with van der Waals surface area (Å²) in [5, 5.41) is 7.44. The third-order valence-corrected chi connectivity index (χ3v) is 5.34. The van der Waals surface area contributed by atoms with Gasteiger partial charge in [-0.2, -0.15) is 5.10 Å². The summed E-state index contributed by atoms with van der Waals surface area (Å²) in [5.41, 5.74) is 2.59. The van der Waals surface area contributed by atoms with Crippen LogP contribution >= 0.6 is 0 Å². The smallest absolute Gasteiger partial charge is 0.251 e.